The first-order valence-corrected chi connectivity index (χ1v) is 4.83. The number of alkyl halides is 1. The van der Waals surface area contributed by atoms with Crippen molar-refractivity contribution in [3.8, 4) is 0 Å². The van der Waals surface area contributed by atoms with E-state index in [2.05, 4.69) is 4.90 Å². The van der Waals surface area contributed by atoms with E-state index in [1.165, 1.54) is 13.0 Å². The van der Waals surface area contributed by atoms with Crippen molar-refractivity contribution in [3.63, 3.8) is 0 Å². The molecule has 1 saturated heterocycles. The SMILES string of the molecule is Cl.ClCCCN1CCCOCC1. The van der Waals surface area contributed by atoms with Crippen LogP contribution in [0.25, 0.3) is 0 Å². The highest BCUT2D eigenvalue weighted by Gasteiger charge is 2.07. The normalized spacial score (nSPS) is 19.8. The van der Waals surface area contributed by atoms with Gasteiger partial charge in [0.1, 0.15) is 0 Å². The molecule has 0 aromatic rings. The molecule has 0 unspecified atom stereocenters. The van der Waals surface area contributed by atoms with Gasteiger partial charge in [0.05, 0.1) is 6.61 Å². The largest absolute Gasteiger partial charge is 0.380 e. The Morgan fingerprint density at radius 3 is 2.83 bits per heavy atom. The van der Waals surface area contributed by atoms with E-state index in [0.717, 1.165) is 38.6 Å². The van der Waals surface area contributed by atoms with Gasteiger partial charge in [-0.05, 0) is 19.4 Å². The van der Waals surface area contributed by atoms with Gasteiger partial charge in [0.2, 0.25) is 0 Å². The van der Waals surface area contributed by atoms with Gasteiger partial charge in [-0.15, -0.1) is 24.0 Å². The minimum Gasteiger partial charge on any atom is -0.380 e. The predicted octanol–water partition coefficient (Wildman–Crippen LogP) is 1.76. The molecule has 2 nitrogen and oxygen atoms in total. The summed E-state index contributed by atoms with van der Waals surface area (Å²) in [5.74, 6) is 0.775. The number of nitrogens with zero attached hydrogens (tertiary/aromatic N) is 1. The lowest BCUT2D eigenvalue weighted by Crippen LogP contribution is -2.27. The summed E-state index contributed by atoms with van der Waals surface area (Å²) in [7, 11) is 0. The zero-order valence-electron chi connectivity index (χ0n) is 7.30. The van der Waals surface area contributed by atoms with Gasteiger partial charge in [-0.25, -0.2) is 0 Å². The summed E-state index contributed by atoms with van der Waals surface area (Å²) < 4.78 is 5.33. The Morgan fingerprint density at radius 1 is 1.25 bits per heavy atom. The topological polar surface area (TPSA) is 12.5 Å². The van der Waals surface area contributed by atoms with Crippen LogP contribution < -0.4 is 0 Å². The lowest BCUT2D eigenvalue weighted by Gasteiger charge is -2.17. The molecule has 0 atom stereocenters. The third-order valence-corrected chi connectivity index (χ3v) is 2.19. The molecule has 0 bridgehead atoms. The molecule has 0 aliphatic carbocycles. The highest BCUT2D eigenvalue weighted by Crippen LogP contribution is 2.00. The molecule has 0 N–H and O–H groups in total. The van der Waals surface area contributed by atoms with Crippen LogP contribution in [0, 0.1) is 0 Å². The van der Waals surface area contributed by atoms with E-state index >= 15 is 0 Å². The van der Waals surface area contributed by atoms with Crippen LogP contribution >= 0.6 is 24.0 Å². The van der Waals surface area contributed by atoms with E-state index in [0.29, 0.717) is 0 Å². The van der Waals surface area contributed by atoms with Crippen molar-refractivity contribution in [1.82, 2.24) is 4.90 Å². The molecule has 0 radical (unpaired) electrons. The average molecular weight is 214 g/mol. The van der Waals surface area contributed by atoms with Crippen LogP contribution in [0.1, 0.15) is 12.8 Å². The van der Waals surface area contributed by atoms with E-state index < -0.39 is 0 Å². The highest BCUT2D eigenvalue weighted by molar-refractivity contribution is 6.17. The van der Waals surface area contributed by atoms with Crippen molar-refractivity contribution in [2.75, 3.05) is 38.7 Å². The maximum Gasteiger partial charge on any atom is 0.0593 e. The molecule has 1 fully saturated rings. The molecule has 1 heterocycles. The third-order valence-electron chi connectivity index (χ3n) is 1.92. The molecule has 0 aromatic carbocycles. The minimum absolute atomic E-state index is 0. The number of hydrogen-bond acceptors (Lipinski definition) is 2. The van der Waals surface area contributed by atoms with E-state index in [-0.39, 0.29) is 12.4 Å². The first kappa shape index (κ1) is 12.5. The molecular formula is C8H17Cl2NO. The van der Waals surface area contributed by atoms with Gasteiger partial charge in [-0.2, -0.15) is 0 Å². The van der Waals surface area contributed by atoms with Crippen LogP contribution in [-0.4, -0.2) is 43.6 Å². The summed E-state index contributed by atoms with van der Waals surface area (Å²) in [6, 6.07) is 0. The Bertz CT molecular complexity index is 95.1. The smallest absolute Gasteiger partial charge is 0.0593 e. The van der Waals surface area contributed by atoms with E-state index in [1.54, 1.807) is 0 Å². The maximum absolute atomic E-state index is 5.60. The summed E-state index contributed by atoms with van der Waals surface area (Å²) in [4.78, 5) is 2.43. The molecule has 1 aliphatic heterocycles. The summed E-state index contributed by atoms with van der Waals surface area (Å²) >= 11 is 5.60. The second-order valence-corrected chi connectivity index (χ2v) is 3.23. The predicted molar refractivity (Wildman–Crippen MR) is 54.5 cm³/mol. The standard InChI is InChI=1S/C8H16ClNO.ClH/c9-3-1-4-10-5-2-7-11-8-6-10;/h1-8H2;1H. The zero-order valence-corrected chi connectivity index (χ0v) is 8.87. The molecule has 0 amide bonds. The second kappa shape index (κ2) is 8.11. The fourth-order valence-corrected chi connectivity index (χ4v) is 1.42. The quantitative estimate of drug-likeness (QED) is 0.664. The fraction of sp³-hybridized carbons (Fsp3) is 1.00. The van der Waals surface area contributed by atoms with Gasteiger partial charge < -0.3 is 9.64 Å². The molecule has 74 valence electrons. The van der Waals surface area contributed by atoms with Crippen molar-refractivity contribution in [2.45, 2.75) is 12.8 Å². The summed E-state index contributed by atoms with van der Waals surface area (Å²) in [6.45, 7) is 5.21. The molecular weight excluding hydrogens is 197 g/mol. The molecule has 0 spiro atoms. The van der Waals surface area contributed by atoms with E-state index in [9.17, 15) is 0 Å². The Labute approximate surface area is 85.6 Å². The third kappa shape index (κ3) is 5.20. The summed E-state index contributed by atoms with van der Waals surface area (Å²) in [6.07, 6.45) is 2.27. The Kier molecular flexibility index (Phi) is 8.45. The number of halogens is 2. The van der Waals surface area contributed by atoms with E-state index in [1.807, 2.05) is 0 Å². The van der Waals surface area contributed by atoms with Crippen LogP contribution in [0.2, 0.25) is 0 Å². The second-order valence-electron chi connectivity index (χ2n) is 2.85. The lowest BCUT2D eigenvalue weighted by molar-refractivity contribution is 0.141. The number of ether oxygens (including phenoxy) is 1. The zero-order chi connectivity index (χ0) is 7.94. The minimum atomic E-state index is 0. The van der Waals surface area contributed by atoms with Crippen LogP contribution in [-0.2, 0) is 4.74 Å². The monoisotopic (exact) mass is 213 g/mol. The van der Waals surface area contributed by atoms with Crippen LogP contribution in [0.5, 0.6) is 0 Å². The lowest BCUT2D eigenvalue weighted by atomic mass is 10.3. The molecule has 12 heavy (non-hydrogen) atoms. The van der Waals surface area contributed by atoms with Gasteiger partial charge in [-0.1, -0.05) is 0 Å². The Hall–Kier alpha value is 0.500. The van der Waals surface area contributed by atoms with Crippen LogP contribution in [0.4, 0.5) is 0 Å². The van der Waals surface area contributed by atoms with Crippen molar-refractivity contribution < 1.29 is 4.74 Å². The van der Waals surface area contributed by atoms with E-state index in [4.69, 9.17) is 16.3 Å². The number of rotatable bonds is 3. The average Bonchev–Trinajstić information content (AvgIpc) is 2.28. The first-order valence-electron chi connectivity index (χ1n) is 4.29. The van der Waals surface area contributed by atoms with Gasteiger partial charge in [0.15, 0.2) is 0 Å². The maximum atomic E-state index is 5.60. The summed E-state index contributed by atoms with van der Waals surface area (Å²) in [5, 5.41) is 0. The van der Waals surface area contributed by atoms with Gasteiger partial charge in [0.25, 0.3) is 0 Å². The first-order chi connectivity index (χ1) is 5.43. The Balaban J connectivity index is 0.00000121. The highest BCUT2D eigenvalue weighted by atomic mass is 35.5. The fourth-order valence-electron chi connectivity index (χ4n) is 1.30. The van der Waals surface area contributed by atoms with Crippen molar-refractivity contribution in [2.24, 2.45) is 0 Å². The molecule has 0 saturated carbocycles. The van der Waals surface area contributed by atoms with Gasteiger partial charge in [-0.3, -0.25) is 0 Å². The van der Waals surface area contributed by atoms with Crippen molar-refractivity contribution >= 4 is 24.0 Å². The molecule has 1 aliphatic rings. The van der Waals surface area contributed by atoms with Crippen LogP contribution in [0.15, 0.2) is 0 Å². The molecule has 1 rings (SSSR count). The van der Waals surface area contributed by atoms with Crippen molar-refractivity contribution in [1.29, 1.82) is 0 Å². The summed E-state index contributed by atoms with van der Waals surface area (Å²) in [5.41, 5.74) is 0. The Morgan fingerprint density at radius 2 is 2.08 bits per heavy atom. The van der Waals surface area contributed by atoms with Gasteiger partial charge >= 0.3 is 0 Å². The van der Waals surface area contributed by atoms with Gasteiger partial charge in [0, 0.05) is 25.6 Å². The molecule has 4 heteroatoms. The van der Waals surface area contributed by atoms with Crippen molar-refractivity contribution in [3.05, 3.63) is 0 Å². The molecule has 0 aromatic heterocycles. The van der Waals surface area contributed by atoms with Crippen LogP contribution in [0.3, 0.4) is 0 Å². The number of hydrogen-bond donors (Lipinski definition) is 0.